The molecule has 0 unspecified atom stereocenters. The summed E-state index contributed by atoms with van der Waals surface area (Å²) in [6.07, 6.45) is 10.9. The van der Waals surface area contributed by atoms with Gasteiger partial charge in [0.25, 0.3) is 0 Å². The molecule has 1 aromatic rings. The number of nitrogens with zero attached hydrogens (tertiary/aromatic N) is 5. The summed E-state index contributed by atoms with van der Waals surface area (Å²) in [5, 5.41) is 22.7. The first kappa shape index (κ1) is 20.6. The van der Waals surface area contributed by atoms with Gasteiger partial charge in [-0.15, -0.1) is 5.10 Å². The predicted octanol–water partition coefficient (Wildman–Crippen LogP) is 3.20. The number of aliphatic hydroxyl groups is 1. The molecule has 1 N–H and O–H groups in total. The Morgan fingerprint density at radius 3 is 2.63 bits per heavy atom. The summed E-state index contributed by atoms with van der Waals surface area (Å²) in [5.41, 5.74) is 0. The molecule has 0 spiro atoms. The van der Waals surface area contributed by atoms with Gasteiger partial charge >= 0.3 is 0 Å². The Labute approximate surface area is 166 Å². The van der Waals surface area contributed by atoms with Crippen LogP contribution in [0.2, 0.25) is 0 Å². The molecular formula is C19H33N5O2S. The van der Waals surface area contributed by atoms with Gasteiger partial charge in [0.1, 0.15) is 0 Å². The van der Waals surface area contributed by atoms with Crippen LogP contribution in [0.1, 0.15) is 83.6 Å². The summed E-state index contributed by atoms with van der Waals surface area (Å²) >= 11 is 1.64. The quantitative estimate of drug-likeness (QED) is 0.537. The van der Waals surface area contributed by atoms with E-state index in [0.717, 1.165) is 49.6 Å². The number of aromatic nitrogens is 4. The van der Waals surface area contributed by atoms with Gasteiger partial charge in [0.2, 0.25) is 11.1 Å². The van der Waals surface area contributed by atoms with Crippen molar-refractivity contribution in [2.75, 3.05) is 12.3 Å². The van der Waals surface area contributed by atoms with Gasteiger partial charge in [-0.25, -0.2) is 4.68 Å². The molecule has 0 radical (unpaired) electrons. The van der Waals surface area contributed by atoms with E-state index in [1.807, 2.05) is 4.68 Å². The minimum Gasteiger partial charge on any atom is -0.393 e. The highest BCUT2D eigenvalue weighted by atomic mass is 32.2. The third kappa shape index (κ3) is 5.67. The summed E-state index contributed by atoms with van der Waals surface area (Å²) in [7, 11) is 0. The van der Waals surface area contributed by atoms with E-state index in [-0.39, 0.29) is 12.1 Å². The van der Waals surface area contributed by atoms with E-state index in [1.165, 1.54) is 32.1 Å². The first-order valence-corrected chi connectivity index (χ1v) is 11.6. The largest absolute Gasteiger partial charge is 0.393 e. The van der Waals surface area contributed by atoms with Crippen LogP contribution in [0.25, 0.3) is 0 Å². The molecule has 0 bridgehead atoms. The van der Waals surface area contributed by atoms with Gasteiger partial charge < -0.3 is 10.0 Å². The molecular weight excluding hydrogens is 362 g/mol. The summed E-state index contributed by atoms with van der Waals surface area (Å²) in [6, 6.07) is 0.743. The first-order chi connectivity index (χ1) is 13.2. The monoisotopic (exact) mass is 395 g/mol. The fraction of sp³-hybridized carbons (Fsp3) is 0.895. The van der Waals surface area contributed by atoms with E-state index >= 15 is 0 Å². The van der Waals surface area contributed by atoms with Crippen LogP contribution in [-0.4, -0.2) is 60.6 Å². The molecule has 0 aromatic carbocycles. The Morgan fingerprint density at radius 1 is 1.19 bits per heavy atom. The molecule has 0 aliphatic heterocycles. The number of thioether (sulfide) groups is 1. The Bertz CT molecular complexity index is 582. The lowest BCUT2D eigenvalue weighted by Crippen LogP contribution is -2.41. The maximum atomic E-state index is 12.6. The van der Waals surface area contributed by atoms with Crippen molar-refractivity contribution in [2.24, 2.45) is 0 Å². The average Bonchev–Trinajstić information content (AvgIpc) is 3.16. The highest BCUT2D eigenvalue weighted by Gasteiger charge is 2.25. The molecule has 2 aliphatic rings. The highest BCUT2D eigenvalue weighted by molar-refractivity contribution is 7.99. The number of carbonyl (C=O) groups excluding carboxylic acids is 1. The Balaban J connectivity index is 1.42. The molecule has 2 fully saturated rings. The number of carbonyl (C=O) groups is 1. The molecule has 2 aliphatic carbocycles. The Kier molecular flexibility index (Phi) is 7.93. The van der Waals surface area contributed by atoms with Crippen molar-refractivity contribution in [2.45, 2.75) is 101 Å². The number of hydrogen-bond acceptors (Lipinski definition) is 6. The van der Waals surface area contributed by atoms with E-state index in [2.05, 4.69) is 27.3 Å². The van der Waals surface area contributed by atoms with Crippen molar-refractivity contribution in [3.8, 4) is 0 Å². The van der Waals surface area contributed by atoms with Crippen LogP contribution in [0.3, 0.4) is 0 Å². The summed E-state index contributed by atoms with van der Waals surface area (Å²) in [4.78, 5) is 14.7. The van der Waals surface area contributed by atoms with Crippen LogP contribution >= 0.6 is 11.8 Å². The van der Waals surface area contributed by atoms with Crippen molar-refractivity contribution in [1.29, 1.82) is 0 Å². The van der Waals surface area contributed by atoms with E-state index in [9.17, 15) is 9.90 Å². The molecule has 2 saturated carbocycles. The molecule has 1 aromatic heterocycles. The second-order valence-electron chi connectivity index (χ2n) is 7.79. The van der Waals surface area contributed by atoms with Crippen LogP contribution in [-0.2, 0) is 4.79 Å². The lowest BCUT2D eigenvalue weighted by atomic mass is 9.93. The van der Waals surface area contributed by atoms with E-state index in [4.69, 9.17) is 0 Å². The molecule has 1 heterocycles. The van der Waals surface area contributed by atoms with Gasteiger partial charge in [-0.1, -0.05) is 31.0 Å². The third-order valence-corrected chi connectivity index (χ3v) is 6.94. The minimum atomic E-state index is -0.175. The standard InChI is InChI=1S/C19H33N5O2S/c1-2-23(15-7-4-3-5-8-15)18(26)9-6-14-27-19-20-21-22-24(19)16-10-12-17(25)13-11-16/h15-17,25H,2-14H2,1H3. The maximum Gasteiger partial charge on any atom is 0.222 e. The zero-order chi connectivity index (χ0) is 19.1. The number of amides is 1. The van der Waals surface area contributed by atoms with Crippen molar-refractivity contribution >= 4 is 17.7 Å². The van der Waals surface area contributed by atoms with Gasteiger partial charge in [-0.2, -0.15) is 0 Å². The van der Waals surface area contributed by atoms with Crippen LogP contribution in [0.4, 0.5) is 0 Å². The lowest BCUT2D eigenvalue weighted by molar-refractivity contribution is -0.133. The average molecular weight is 396 g/mol. The van der Waals surface area contributed by atoms with Crippen molar-refractivity contribution < 1.29 is 9.90 Å². The van der Waals surface area contributed by atoms with Crippen molar-refractivity contribution in [3.63, 3.8) is 0 Å². The van der Waals surface area contributed by atoms with Crippen LogP contribution in [0, 0.1) is 0 Å². The number of hydrogen-bond donors (Lipinski definition) is 1. The number of tetrazole rings is 1. The van der Waals surface area contributed by atoms with E-state index < -0.39 is 0 Å². The Morgan fingerprint density at radius 2 is 1.93 bits per heavy atom. The third-order valence-electron chi connectivity index (χ3n) is 5.92. The van der Waals surface area contributed by atoms with Crippen molar-refractivity contribution in [3.05, 3.63) is 0 Å². The molecule has 0 atom stereocenters. The summed E-state index contributed by atoms with van der Waals surface area (Å²) < 4.78 is 1.92. The van der Waals surface area contributed by atoms with Crippen LogP contribution < -0.4 is 0 Å². The van der Waals surface area contributed by atoms with Gasteiger partial charge in [0.05, 0.1) is 12.1 Å². The molecule has 152 valence electrons. The SMILES string of the molecule is CCN(C(=O)CCCSc1nnnn1C1CCC(O)CC1)C1CCCCC1. The lowest BCUT2D eigenvalue weighted by Gasteiger charge is -2.33. The van der Waals surface area contributed by atoms with E-state index in [1.54, 1.807) is 11.8 Å². The zero-order valence-corrected chi connectivity index (χ0v) is 17.2. The maximum absolute atomic E-state index is 12.6. The molecule has 0 saturated heterocycles. The van der Waals surface area contributed by atoms with E-state index in [0.29, 0.717) is 18.4 Å². The van der Waals surface area contributed by atoms with Gasteiger partial charge in [0.15, 0.2) is 0 Å². The Hall–Kier alpha value is -1.15. The molecule has 27 heavy (non-hydrogen) atoms. The highest BCUT2D eigenvalue weighted by Crippen LogP contribution is 2.31. The smallest absolute Gasteiger partial charge is 0.222 e. The normalized spacial score (nSPS) is 24.1. The molecule has 8 heteroatoms. The first-order valence-electron chi connectivity index (χ1n) is 10.6. The fourth-order valence-corrected chi connectivity index (χ4v) is 5.26. The van der Waals surface area contributed by atoms with Crippen molar-refractivity contribution in [1.82, 2.24) is 25.1 Å². The molecule has 3 rings (SSSR count). The summed E-state index contributed by atoms with van der Waals surface area (Å²) in [6.45, 7) is 2.92. The topological polar surface area (TPSA) is 84.1 Å². The fourth-order valence-electron chi connectivity index (χ4n) is 4.37. The second-order valence-corrected chi connectivity index (χ2v) is 8.85. The van der Waals surface area contributed by atoms with Gasteiger partial charge in [0, 0.05) is 24.8 Å². The van der Waals surface area contributed by atoms with Crippen LogP contribution in [0.15, 0.2) is 5.16 Å². The van der Waals surface area contributed by atoms with Gasteiger partial charge in [-0.3, -0.25) is 4.79 Å². The zero-order valence-electron chi connectivity index (χ0n) is 16.4. The summed E-state index contributed by atoms with van der Waals surface area (Å²) in [5.74, 6) is 1.15. The molecule has 1 amide bonds. The predicted molar refractivity (Wildman–Crippen MR) is 106 cm³/mol. The minimum absolute atomic E-state index is 0.175. The molecule has 7 nitrogen and oxygen atoms in total. The number of aliphatic hydroxyl groups excluding tert-OH is 1. The second kappa shape index (κ2) is 10.4. The van der Waals surface area contributed by atoms with Gasteiger partial charge in [-0.05, 0) is 62.3 Å². The number of rotatable bonds is 8. The van der Waals surface area contributed by atoms with Crippen LogP contribution in [0.5, 0.6) is 0 Å².